The van der Waals surface area contributed by atoms with Gasteiger partial charge in [-0.2, -0.15) is 5.10 Å². The second kappa shape index (κ2) is 11.1. The molecule has 0 unspecified atom stereocenters. The number of likely N-dealkylation sites (tertiary alicyclic amines) is 1. The van der Waals surface area contributed by atoms with Gasteiger partial charge in [0.05, 0.1) is 6.10 Å². The van der Waals surface area contributed by atoms with Crippen molar-refractivity contribution < 1.29 is 4.74 Å². The number of aromatic nitrogens is 3. The molecule has 1 aliphatic heterocycles. The fraction of sp³-hybridized carbons (Fsp3) is 0.833. The van der Waals surface area contributed by atoms with Crippen LogP contribution in [-0.2, 0) is 18.3 Å². The molecule has 1 aromatic heterocycles. The molecule has 1 saturated heterocycles. The molecule has 0 bridgehead atoms. The van der Waals surface area contributed by atoms with E-state index < -0.39 is 0 Å². The molecule has 8 heteroatoms. The number of rotatable bonds is 6. The largest absolute Gasteiger partial charge is 0.378 e. The van der Waals surface area contributed by atoms with Crippen molar-refractivity contribution in [3.63, 3.8) is 0 Å². The Labute approximate surface area is 174 Å². The minimum Gasteiger partial charge on any atom is -0.378 e. The van der Waals surface area contributed by atoms with Crippen LogP contribution >= 0.6 is 24.0 Å². The van der Waals surface area contributed by atoms with Crippen LogP contribution in [0.5, 0.6) is 0 Å². The van der Waals surface area contributed by atoms with Gasteiger partial charge in [0.25, 0.3) is 0 Å². The summed E-state index contributed by atoms with van der Waals surface area (Å²) in [4.78, 5) is 11.3. The lowest BCUT2D eigenvalue weighted by Crippen LogP contribution is -2.47. The summed E-state index contributed by atoms with van der Waals surface area (Å²) in [5.74, 6) is 2.66. The molecule has 1 aliphatic carbocycles. The Balaban J connectivity index is 0.00000243. The molecule has 148 valence electrons. The van der Waals surface area contributed by atoms with Crippen molar-refractivity contribution in [1.29, 1.82) is 0 Å². The van der Waals surface area contributed by atoms with Crippen LogP contribution < -0.4 is 5.32 Å². The van der Waals surface area contributed by atoms with E-state index in [2.05, 4.69) is 27.2 Å². The van der Waals surface area contributed by atoms with Gasteiger partial charge in [-0.3, -0.25) is 4.68 Å². The maximum atomic E-state index is 6.18. The van der Waals surface area contributed by atoms with Crippen LogP contribution in [-0.4, -0.2) is 58.0 Å². The van der Waals surface area contributed by atoms with E-state index in [-0.39, 0.29) is 24.0 Å². The van der Waals surface area contributed by atoms with Gasteiger partial charge >= 0.3 is 0 Å². The molecule has 1 saturated carbocycles. The van der Waals surface area contributed by atoms with Crippen LogP contribution in [0.4, 0.5) is 0 Å². The van der Waals surface area contributed by atoms with Crippen molar-refractivity contribution >= 4 is 29.9 Å². The van der Waals surface area contributed by atoms with Crippen molar-refractivity contribution in [2.45, 2.75) is 58.1 Å². The molecule has 0 radical (unpaired) electrons. The van der Waals surface area contributed by atoms with E-state index >= 15 is 0 Å². The molecular weight excluding hydrogens is 443 g/mol. The van der Waals surface area contributed by atoms with E-state index in [4.69, 9.17) is 9.73 Å². The third kappa shape index (κ3) is 6.07. The number of ether oxygens (including phenoxy) is 1. The first-order valence-electron chi connectivity index (χ1n) is 9.74. The van der Waals surface area contributed by atoms with Gasteiger partial charge < -0.3 is 15.0 Å². The van der Waals surface area contributed by atoms with Crippen LogP contribution in [0.3, 0.4) is 0 Å². The molecule has 2 aliphatic rings. The molecule has 0 aromatic carbocycles. The molecule has 2 heterocycles. The van der Waals surface area contributed by atoms with Gasteiger partial charge in [0.2, 0.25) is 0 Å². The monoisotopic (exact) mass is 476 g/mol. The maximum absolute atomic E-state index is 6.18. The number of nitrogens with zero attached hydrogens (tertiary/aromatic N) is 5. The number of aryl methyl sites for hydroxylation is 1. The second-order valence-electron chi connectivity index (χ2n) is 7.14. The average molecular weight is 476 g/mol. The van der Waals surface area contributed by atoms with Crippen molar-refractivity contribution in [2.24, 2.45) is 18.0 Å². The lowest BCUT2D eigenvalue weighted by molar-refractivity contribution is 0.00101. The lowest BCUT2D eigenvalue weighted by Gasteiger charge is -2.34. The molecule has 0 spiro atoms. The normalized spacial score (nSPS) is 19.6. The van der Waals surface area contributed by atoms with Crippen LogP contribution in [0.15, 0.2) is 11.3 Å². The van der Waals surface area contributed by atoms with Crippen LogP contribution in [0.2, 0.25) is 0 Å². The highest BCUT2D eigenvalue weighted by Gasteiger charge is 2.24. The zero-order valence-corrected chi connectivity index (χ0v) is 18.4. The molecule has 1 N–H and O–H groups in total. The summed E-state index contributed by atoms with van der Waals surface area (Å²) in [6.07, 6.45) is 9.66. The van der Waals surface area contributed by atoms with E-state index in [1.54, 1.807) is 11.0 Å². The third-order valence-corrected chi connectivity index (χ3v) is 5.29. The summed E-state index contributed by atoms with van der Waals surface area (Å²) < 4.78 is 7.95. The van der Waals surface area contributed by atoms with Gasteiger partial charge in [0.15, 0.2) is 5.96 Å². The number of guanidine groups is 1. The smallest absolute Gasteiger partial charge is 0.194 e. The fourth-order valence-corrected chi connectivity index (χ4v) is 3.72. The van der Waals surface area contributed by atoms with Crippen molar-refractivity contribution in [3.05, 3.63) is 12.2 Å². The second-order valence-corrected chi connectivity index (χ2v) is 7.14. The lowest BCUT2D eigenvalue weighted by atomic mass is 10.1. The van der Waals surface area contributed by atoms with Crippen LogP contribution in [0.1, 0.15) is 51.3 Å². The van der Waals surface area contributed by atoms with Gasteiger partial charge in [-0.05, 0) is 38.5 Å². The summed E-state index contributed by atoms with van der Waals surface area (Å²) in [5.41, 5.74) is 0. The predicted molar refractivity (Wildman–Crippen MR) is 114 cm³/mol. The number of nitrogens with one attached hydrogen (secondary N) is 1. The van der Waals surface area contributed by atoms with E-state index in [0.29, 0.717) is 12.6 Å². The molecule has 2 fully saturated rings. The molecule has 7 nitrogen and oxygen atoms in total. The summed E-state index contributed by atoms with van der Waals surface area (Å²) >= 11 is 0. The van der Waals surface area contributed by atoms with E-state index in [1.807, 2.05) is 7.05 Å². The Morgan fingerprint density at radius 3 is 2.62 bits per heavy atom. The highest BCUT2D eigenvalue weighted by atomic mass is 127. The Hall–Kier alpha value is -0.900. The minimum absolute atomic E-state index is 0. The summed E-state index contributed by atoms with van der Waals surface area (Å²) in [7, 11) is 1.90. The molecule has 3 rings (SSSR count). The quantitative estimate of drug-likeness (QED) is 0.389. The van der Waals surface area contributed by atoms with Crippen LogP contribution in [0, 0.1) is 5.92 Å². The van der Waals surface area contributed by atoms with Gasteiger partial charge in [-0.15, -0.1) is 24.0 Å². The van der Waals surface area contributed by atoms with Crippen molar-refractivity contribution in [2.75, 3.05) is 26.2 Å². The SMILES string of the molecule is CCNC(=NCc1ncnn1C)N1CCC(OCC2CCCC2)CC1.I. The number of halogens is 1. The maximum Gasteiger partial charge on any atom is 0.194 e. The van der Waals surface area contributed by atoms with Crippen LogP contribution in [0.25, 0.3) is 0 Å². The number of piperidine rings is 1. The zero-order chi connectivity index (χ0) is 17.5. The predicted octanol–water partition coefficient (Wildman–Crippen LogP) is 2.57. The Bertz CT molecular complexity index is 550. The van der Waals surface area contributed by atoms with Gasteiger partial charge in [-0.25, -0.2) is 9.98 Å². The first-order valence-corrected chi connectivity index (χ1v) is 9.74. The molecule has 0 atom stereocenters. The minimum atomic E-state index is 0. The first-order chi connectivity index (χ1) is 12.3. The van der Waals surface area contributed by atoms with Gasteiger partial charge in [-0.1, -0.05) is 12.8 Å². The molecule has 1 aromatic rings. The highest BCUT2D eigenvalue weighted by molar-refractivity contribution is 14.0. The zero-order valence-electron chi connectivity index (χ0n) is 16.1. The van der Waals surface area contributed by atoms with E-state index in [0.717, 1.165) is 56.8 Å². The topological polar surface area (TPSA) is 67.6 Å². The first kappa shape index (κ1) is 21.4. The fourth-order valence-electron chi connectivity index (χ4n) is 3.72. The third-order valence-electron chi connectivity index (χ3n) is 5.29. The van der Waals surface area contributed by atoms with Gasteiger partial charge in [0, 0.05) is 33.3 Å². The Morgan fingerprint density at radius 1 is 1.27 bits per heavy atom. The molecular formula is C18H33IN6O. The van der Waals surface area contributed by atoms with E-state index in [1.165, 1.54) is 25.7 Å². The summed E-state index contributed by atoms with van der Waals surface area (Å²) in [6.45, 7) is 6.49. The number of hydrogen-bond acceptors (Lipinski definition) is 4. The van der Waals surface area contributed by atoms with Crippen molar-refractivity contribution in [3.8, 4) is 0 Å². The highest BCUT2D eigenvalue weighted by Crippen LogP contribution is 2.26. The van der Waals surface area contributed by atoms with E-state index in [9.17, 15) is 0 Å². The Kier molecular flexibility index (Phi) is 9.10. The molecule has 0 amide bonds. The van der Waals surface area contributed by atoms with Crippen molar-refractivity contribution in [1.82, 2.24) is 25.0 Å². The average Bonchev–Trinajstić information content (AvgIpc) is 3.29. The van der Waals surface area contributed by atoms with Gasteiger partial charge in [0.1, 0.15) is 18.7 Å². The number of aliphatic imine (C=N–C) groups is 1. The molecule has 26 heavy (non-hydrogen) atoms. The Morgan fingerprint density at radius 2 is 2.00 bits per heavy atom. The number of hydrogen-bond donors (Lipinski definition) is 1. The summed E-state index contributed by atoms with van der Waals surface area (Å²) in [5, 5.41) is 7.51. The standard InChI is InChI=1S/C18H32N6O.HI/c1-3-19-18(20-12-17-21-14-22-23(17)2)24-10-8-16(9-11-24)25-13-15-6-4-5-7-15;/h14-16H,3-13H2,1-2H3,(H,19,20);1H. The summed E-state index contributed by atoms with van der Waals surface area (Å²) in [6, 6.07) is 0.